The Labute approximate surface area is 198 Å². The summed E-state index contributed by atoms with van der Waals surface area (Å²) < 4.78 is 5.21. The van der Waals surface area contributed by atoms with Crippen LogP contribution in [-0.2, 0) is 11.3 Å². The minimum Gasteiger partial charge on any atom is -0.449 e. The summed E-state index contributed by atoms with van der Waals surface area (Å²) in [6.45, 7) is 5.52. The van der Waals surface area contributed by atoms with Gasteiger partial charge < -0.3 is 10.1 Å². The molecule has 172 valence electrons. The predicted molar refractivity (Wildman–Crippen MR) is 130 cm³/mol. The lowest BCUT2D eigenvalue weighted by Crippen LogP contribution is -2.29. The third-order valence-electron chi connectivity index (χ3n) is 4.74. The van der Waals surface area contributed by atoms with Gasteiger partial charge >= 0.3 is 11.3 Å². The molecule has 2 aromatic carbocycles. The Morgan fingerprint density at radius 2 is 2.06 bits per heavy atom. The monoisotopic (exact) mass is 465 g/mol. The average molecular weight is 466 g/mol. The van der Waals surface area contributed by atoms with Crippen LogP contribution in [0.15, 0.2) is 53.6 Å². The third-order valence-corrected chi connectivity index (χ3v) is 5.62. The first-order chi connectivity index (χ1) is 15.9. The number of hydrazone groups is 1. The molecule has 0 aromatic heterocycles. The Bertz CT molecular complexity index is 1050. The van der Waals surface area contributed by atoms with Crippen molar-refractivity contribution in [2.24, 2.45) is 5.10 Å². The molecule has 0 radical (unpaired) electrons. The second-order valence-electron chi connectivity index (χ2n) is 7.77. The summed E-state index contributed by atoms with van der Waals surface area (Å²) in [5.41, 5.74) is 3.64. The lowest BCUT2D eigenvalue weighted by atomic mass is 10.1. The summed E-state index contributed by atoms with van der Waals surface area (Å²) in [7, 11) is 0. The molecule has 0 saturated heterocycles. The van der Waals surface area contributed by atoms with E-state index in [0.29, 0.717) is 29.7 Å². The molecular formula is C24H27N5O3S. The number of rotatable bonds is 9. The van der Waals surface area contributed by atoms with Gasteiger partial charge in [0, 0.05) is 17.5 Å². The number of ether oxygens (including phenoxy) is 1. The Morgan fingerprint density at radius 3 is 2.79 bits per heavy atom. The van der Waals surface area contributed by atoms with E-state index in [1.54, 1.807) is 24.3 Å². The summed E-state index contributed by atoms with van der Waals surface area (Å²) in [6.07, 6.45) is 0.224. The molecule has 0 unspecified atom stereocenters. The zero-order chi connectivity index (χ0) is 23.6. The zero-order valence-electron chi connectivity index (χ0n) is 18.7. The highest BCUT2D eigenvalue weighted by Gasteiger charge is 2.22. The quantitative estimate of drug-likeness (QED) is 0.526. The van der Waals surface area contributed by atoms with Gasteiger partial charge in [0.05, 0.1) is 30.5 Å². The molecule has 33 heavy (non-hydrogen) atoms. The van der Waals surface area contributed by atoms with Crippen LogP contribution in [0.5, 0.6) is 0 Å². The summed E-state index contributed by atoms with van der Waals surface area (Å²) in [6, 6.07) is 16.9. The van der Waals surface area contributed by atoms with Crippen LogP contribution in [0.1, 0.15) is 37.0 Å². The molecule has 1 aliphatic rings. The van der Waals surface area contributed by atoms with Crippen molar-refractivity contribution in [2.45, 2.75) is 32.9 Å². The van der Waals surface area contributed by atoms with Crippen LogP contribution >= 0.6 is 11.8 Å². The number of carbonyl (C=O) groups excluding carboxylic acids is 2. The highest BCUT2D eigenvalue weighted by atomic mass is 32.2. The Hall–Kier alpha value is -3.35. The van der Waals surface area contributed by atoms with E-state index in [4.69, 9.17) is 10.00 Å². The Morgan fingerprint density at radius 1 is 1.27 bits per heavy atom. The SMILES string of the molecule is CC(C)NCCCOC(=O)Nc1cccc(CN2N=C(c3ccc(C#N)cc3)CSC2=O)c1. The first-order valence-electron chi connectivity index (χ1n) is 10.7. The number of thioether (sulfide) groups is 1. The predicted octanol–water partition coefficient (Wildman–Crippen LogP) is 4.57. The third kappa shape index (κ3) is 7.63. The number of carbonyl (C=O) groups is 2. The van der Waals surface area contributed by atoms with E-state index in [1.807, 2.05) is 24.3 Å². The minimum absolute atomic E-state index is 0.139. The number of nitriles is 1. The standard InChI is InChI=1S/C24H27N5O3S/c1-17(2)26-11-4-12-32-23(30)27-21-6-3-5-19(13-21)15-29-24(31)33-16-22(28-29)20-9-7-18(14-25)8-10-20/h3,5-10,13,17,26H,4,11-12,15-16H2,1-2H3,(H,27,30). The molecule has 1 aliphatic heterocycles. The van der Waals surface area contributed by atoms with Crippen molar-refractivity contribution >= 4 is 34.5 Å². The first kappa shape index (κ1) is 24.3. The van der Waals surface area contributed by atoms with Crippen LogP contribution in [0.25, 0.3) is 0 Å². The normalized spacial score (nSPS) is 13.5. The number of anilines is 1. The summed E-state index contributed by atoms with van der Waals surface area (Å²) in [4.78, 5) is 24.4. The van der Waals surface area contributed by atoms with Gasteiger partial charge in [0.2, 0.25) is 0 Å². The number of hydrogen-bond acceptors (Lipinski definition) is 7. The maximum absolute atomic E-state index is 12.4. The molecule has 1 heterocycles. The van der Waals surface area contributed by atoms with Crippen molar-refractivity contribution in [3.8, 4) is 6.07 Å². The van der Waals surface area contributed by atoms with Crippen LogP contribution in [0.3, 0.4) is 0 Å². The second kappa shape index (κ2) is 12.0. The maximum atomic E-state index is 12.4. The van der Waals surface area contributed by atoms with E-state index in [2.05, 4.69) is 35.7 Å². The fourth-order valence-electron chi connectivity index (χ4n) is 3.10. The molecule has 0 saturated carbocycles. The number of benzene rings is 2. The van der Waals surface area contributed by atoms with Crippen molar-refractivity contribution in [3.63, 3.8) is 0 Å². The van der Waals surface area contributed by atoms with Crippen molar-refractivity contribution in [1.82, 2.24) is 10.3 Å². The van der Waals surface area contributed by atoms with Gasteiger partial charge in [-0.25, -0.2) is 9.80 Å². The highest BCUT2D eigenvalue weighted by Crippen LogP contribution is 2.23. The molecule has 2 aromatic rings. The summed E-state index contributed by atoms with van der Waals surface area (Å²) in [5.74, 6) is 0.474. The molecule has 8 nitrogen and oxygen atoms in total. The van der Waals surface area contributed by atoms with E-state index in [9.17, 15) is 9.59 Å². The van der Waals surface area contributed by atoms with Crippen molar-refractivity contribution in [1.29, 1.82) is 5.26 Å². The molecular weight excluding hydrogens is 438 g/mol. The Balaban J connectivity index is 1.58. The summed E-state index contributed by atoms with van der Waals surface area (Å²) in [5, 5.41) is 20.8. The molecule has 9 heteroatoms. The topological polar surface area (TPSA) is 107 Å². The smallest absolute Gasteiger partial charge is 0.411 e. The summed E-state index contributed by atoms with van der Waals surface area (Å²) >= 11 is 1.18. The van der Waals surface area contributed by atoms with Gasteiger partial charge in [-0.1, -0.05) is 49.9 Å². The van der Waals surface area contributed by atoms with Crippen LogP contribution in [0, 0.1) is 11.3 Å². The van der Waals surface area contributed by atoms with Gasteiger partial charge in [0.15, 0.2) is 0 Å². The minimum atomic E-state index is -0.512. The van der Waals surface area contributed by atoms with Gasteiger partial charge in [-0.05, 0) is 48.4 Å². The molecule has 2 N–H and O–H groups in total. The molecule has 2 amide bonds. The lowest BCUT2D eigenvalue weighted by molar-refractivity contribution is 0.160. The van der Waals surface area contributed by atoms with Crippen LogP contribution < -0.4 is 10.6 Å². The molecule has 0 fully saturated rings. The van der Waals surface area contributed by atoms with Gasteiger partial charge in [-0.15, -0.1) is 0 Å². The fourth-order valence-corrected chi connectivity index (χ4v) is 3.84. The van der Waals surface area contributed by atoms with Crippen LogP contribution in [0.4, 0.5) is 15.3 Å². The van der Waals surface area contributed by atoms with Crippen molar-refractivity contribution < 1.29 is 14.3 Å². The molecule has 0 atom stereocenters. The van der Waals surface area contributed by atoms with Crippen molar-refractivity contribution in [2.75, 3.05) is 24.2 Å². The zero-order valence-corrected chi connectivity index (χ0v) is 19.5. The molecule has 0 bridgehead atoms. The lowest BCUT2D eigenvalue weighted by Gasteiger charge is -2.23. The van der Waals surface area contributed by atoms with Gasteiger partial charge in [-0.2, -0.15) is 10.4 Å². The fraction of sp³-hybridized carbons (Fsp3) is 0.333. The second-order valence-corrected chi connectivity index (χ2v) is 8.70. The van der Waals surface area contributed by atoms with Gasteiger partial charge in [0.1, 0.15) is 0 Å². The highest BCUT2D eigenvalue weighted by molar-refractivity contribution is 8.14. The maximum Gasteiger partial charge on any atom is 0.411 e. The number of hydrogen-bond donors (Lipinski definition) is 2. The Kier molecular flexibility index (Phi) is 8.87. The number of nitrogens with zero attached hydrogens (tertiary/aromatic N) is 3. The molecule has 0 spiro atoms. The van der Waals surface area contributed by atoms with Gasteiger partial charge in [0.25, 0.3) is 0 Å². The van der Waals surface area contributed by atoms with E-state index in [-0.39, 0.29) is 11.8 Å². The molecule has 3 rings (SSSR count). The van der Waals surface area contributed by atoms with E-state index in [0.717, 1.165) is 29.8 Å². The van der Waals surface area contributed by atoms with E-state index >= 15 is 0 Å². The molecule has 0 aliphatic carbocycles. The largest absolute Gasteiger partial charge is 0.449 e. The van der Waals surface area contributed by atoms with E-state index in [1.165, 1.54) is 16.8 Å². The number of nitrogens with one attached hydrogen (secondary N) is 2. The first-order valence-corrected chi connectivity index (χ1v) is 11.7. The van der Waals surface area contributed by atoms with Crippen molar-refractivity contribution in [3.05, 3.63) is 65.2 Å². The average Bonchev–Trinajstić information content (AvgIpc) is 2.80. The number of amides is 2. The van der Waals surface area contributed by atoms with E-state index < -0.39 is 6.09 Å². The van der Waals surface area contributed by atoms with Crippen LogP contribution in [0.2, 0.25) is 0 Å². The van der Waals surface area contributed by atoms with Gasteiger partial charge in [-0.3, -0.25) is 10.1 Å². The van der Waals surface area contributed by atoms with Crippen LogP contribution in [-0.4, -0.2) is 47.0 Å².